The number of anilines is 1. The first-order valence-corrected chi connectivity index (χ1v) is 6.24. The van der Waals surface area contributed by atoms with Crippen LogP contribution < -0.4 is 10.2 Å². The lowest BCUT2D eigenvalue weighted by atomic mass is 10.0. The highest BCUT2D eigenvalue weighted by molar-refractivity contribution is 5.47. The molecule has 0 aromatic heterocycles. The number of nitrogens with zero attached hydrogens (tertiary/aromatic N) is 1. The van der Waals surface area contributed by atoms with Crippen LogP contribution in [-0.4, -0.2) is 25.2 Å². The summed E-state index contributed by atoms with van der Waals surface area (Å²) in [7, 11) is 0. The molecule has 3 heteroatoms. The highest BCUT2D eigenvalue weighted by Gasteiger charge is 2.21. The second-order valence-corrected chi connectivity index (χ2v) is 4.88. The number of para-hydroxylation sites is 1. The van der Waals surface area contributed by atoms with Crippen molar-refractivity contribution in [2.24, 2.45) is 0 Å². The van der Waals surface area contributed by atoms with Gasteiger partial charge in [-0.1, -0.05) is 19.1 Å². The van der Waals surface area contributed by atoms with Gasteiger partial charge in [0.05, 0.1) is 5.69 Å². The molecule has 0 saturated heterocycles. The van der Waals surface area contributed by atoms with Gasteiger partial charge in [0.25, 0.3) is 0 Å². The van der Waals surface area contributed by atoms with E-state index in [1.807, 2.05) is 12.1 Å². The molecular weight excluding hydrogens is 215 g/mol. The van der Waals surface area contributed by atoms with Crippen molar-refractivity contribution in [1.82, 2.24) is 5.32 Å². The summed E-state index contributed by atoms with van der Waals surface area (Å²) in [5.41, 5.74) is 0.661. The first-order chi connectivity index (χ1) is 8.00. The Labute approximate surface area is 104 Å². The number of rotatable bonds is 6. The summed E-state index contributed by atoms with van der Waals surface area (Å²) in [5, 5.41) is 3.41. The minimum atomic E-state index is -0.151. The van der Waals surface area contributed by atoms with Crippen molar-refractivity contribution in [3.8, 4) is 0 Å². The van der Waals surface area contributed by atoms with Gasteiger partial charge in [-0.3, -0.25) is 0 Å². The zero-order valence-corrected chi connectivity index (χ0v) is 11.3. The summed E-state index contributed by atoms with van der Waals surface area (Å²) >= 11 is 0. The lowest BCUT2D eigenvalue weighted by molar-refractivity contribution is 0.397. The summed E-state index contributed by atoms with van der Waals surface area (Å²) in [6.45, 7) is 10.9. The van der Waals surface area contributed by atoms with Crippen LogP contribution in [0.25, 0.3) is 0 Å². The molecule has 0 amide bonds. The van der Waals surface area contributed by atoms with Crippen LogP contribution in [0.3, 0.4) is 0 Å². The van der Waals surface area contributed by atoms with Gasteiger partial charge in [0.15, 0.2) is 0 Å². The molecule has 0 aliphatic heterocycles. The predicted octanol–water partition coefficient (Wildman–Crippen LogP) is 3.04. The standard InChI is InChI=1S/C14H23FN2/c1-5-16-14(3,4)11-17(6-2)13-10-8-7-9-12(13)15/h7-10,16H,5-6,11H2,1-4H3. The van der Waals surface area contributed by atoms with Gasteiger partial charge >= 0.3 is 0 Å². The fourth-order valence-electron chi connectivity index (χ4n) is 2.09. The number of hydrogen-bond acceptors (Lipinski definition) is 2. The van der Waals surface area contributed by atoms with Gasteiger partial charge in [0.1, 0.15) is 5.82 Å². The van der Waals surface area contributed by atoms with Gasteiger partial charge in [-0.25, -0.2) is 4.39 Å². The SMILES string of the molecule is CCNC(C)(C)CN(CC)c1ccccc1F. The summed E-state index contributed by atoms with van der Waals surface area (Å²) in [5.74, 6) is -0.151. The number of hydrogen-bond donors (Lipinski definition) is 1. The molecule has 0 bridgehead atoms. The van der Waals surface area contributed by atoms with Crippen LogP contribution in [0.15, 0.2) is 24.3 Å². The Morgan fingerprint density at radius 2 is 1.88 bits per heavy atom. The average Bonchev–Trinajstić information content (AvgIpc) is 2.27. The van der Waals surface area contributed by atoms with Crippen molar-refractivity contribution in [2.45, 2.75) is 33.2 Å². The molecule has 2 nitrogen and oxygen atoms in total. The lowest BCUT2D eigenvalue weighted by Gasteiger charge is -2.34. The average molecular weight is 238 g/mol. The van der Waals surface area contributed by atoms with E-state index >= 15 is 0 Å². The van der Waals surface area contributed by atoms with E-state index in [0.717, 1.165) is 19.6 Å². The fourth-order valence-corrected chi connectivity index (χ4v) is 2.09. The highest BCUT2D eigenvalue weighted by atomic mass is 19.1. The van der Waals surface area contributed by atoms with Crippen molar-refractivity contribution in [3.63, 3.8) is 0 Å². The van der Waals surface area contributed by atoms with Crippen LogP contribution in [0.4, 0.5) is 10.1 Å². The molecule has 0 radical (unpaired) electrons. The van der Waals surface area contributed by atoms with Crippen LogP contribution in [0, 0.1) is 5.82 Å². The first-order valence-electron chi connectivity index (χ1n) is 6.24. The second-order valence-electron chi connectivity index (χ2n) is 4.88. The Morgan fingerprint density at radius 3 is 2.41 bits per heavy atom. The molecule has 0 aliphatic rings. The quantitative estimate of drug-likeness (QED) is 0.819. The Balaban J connectivity index is 2.83. The van der Waals surface area contributed by atoms with Crippen LogP contribution in [0.5, 0.6) is 0 Å². The first kappa shape index (κ1) is 14.0. The fraction of sp³-hybridized carbons (Fsp3) is 0.571. The smallest absolute Gasteiger partial charge is 0.146 e. The molecule has 0 unspecified atom stereocenters. The van der Waals surface area contributed by atoms with Gasteiger partial charge in [0, 0.05) is 18.6 Å². The zero-order valence-electron chi connectivity index (χ0n) is 11.3. The monoisotopic (exact) mass is 238 g/mol. The molecule has 1 aromatic rings. The van der Waals surface area contributed by atoms with Crippen molar-refractivity contribution >= 4 is 5.69 Å². The van der Waals surface area contributed by atoms with E-state index in [-0.39, 0.29) is 11.4 Å². The van der Waals surface area contributed by atoms with Gasteiger partial charge < -0.3 is 10.2 Å². The number of halogens is 1. The van der Waals surface area contributed by atoms with Crippen molar-refractivity contribution in [2.75, 3.05) is 24.5 Å². The molecule has 1 rings (SSSR count). The number of nitrogens with one attached hydrogen (secondary N) is 1. The normalized spacial score (nSPS) is 11.6. The molecule has 96 valence electrons. The molecule has 1 N–H and O–H groups in total. The molecule has 1 aromatic carbocycles. The number of benzene rings is 1. The topological polar surface area (TPSA) is 15.3 Å². The van der Waals surface area contributed by atoms with Crippen LogP contribution in [-0.2, 0) is 0 Å². The molecule has 0 saturated carbocycles. The Hall–Kier alpha value is -1.09. The van der Waals surface area contributed by atoms with Crippen LogP contribution in [0.2, 0.25) is 0 Å². The molecular formula is C14H23FN2. The van der Waals surface area contributed by atoms with E-state index in [9.17, 15) is 4.39 Å². The maximum Gasteiger partial charge on any atom is 0.146 e. The number of likely N-dealkylation sites (N-methyl/N-ethyl adjacent to an activating group) is 2. The van der Waals surface area contributed by atoms with Gasteiger partial charge in [-0.05, 0) is 39.4 Å². The largest absolute Gasteiger partial charge is 0.368 e. The van der Waals surface area contributed by atoms with Crippen LogP contribution in [0.1, 0.15) is 27.7 Å². The summed E-state index contributed by atoms with van der Waals surface area (Å²) in [6.07, 6.45) is 0. The van der Waals surface area contributed by atoms with Crippen molar-refractivity contribution in [3.05, 3.63) is 30.1 Å². The third-order valence-electron chi connectivity index (χ3n) is 2.82. The van der Waals surface area contributed by atoms with Gasteiger partial charge in [-0.15, -0.1) is 0 Å². The summed E-state index contributed by atoms with van der Waals surface area (Å²) in [4.78, 5) is 2.07. The maximum atomic E-state index is 13.7. The van der Waals surface area contributed by atoms with E-state index in [0.29, 0.717) is 5.69 Å². The Bertz CT molecular complexity index is 350. The highest BCUT2D eigenvalue weighted by Crippen LogP contribution is 2.20. The second kappa shape index (κ2) is 6.01. The van der Waals surface area contributed by atoms with E-state index in [2.05, 4.69) is 37.9 Å². The molecule has 0 atom stereocenters. The van der Waals surface area contributed by atoms with Gasteiger partial charge in [-0.2, -0.15) is 0 Å². The van der Waals surface area contributed by atoms with E-state index < -0.39 is 0 Å². The molecule has 0 heterocycles. The lowest BCUT2D eigenvalue weighted by Crippen LogP contribution is -2.49. The van der Waals surface area contributed by atoms with Crippen LogP contribution >= 0.6 is 0 Å². The third kappa shape index (κ3) is 4.00. The van der Waals surface area contributed by atoms with E-state index in [4.69, 9.17) is 0 Å². The zero-order chi connectivity index (χ0) is 12.9. The third-order valence-corrected chi connectivity index (χ3v) is 2.82. The minimum absolute atomic E-state index is 0.0208. The van der Waals surface area contributed by atoms with E-state index in [1.165, 1.54) is 6.07 Å². The summed E-state index contributed by atoms with van der Waals surface area (Å²) in [6, 6.07) is 6.95. The molecule has 0 fully saturated rings. The molecule has 0 spiro atoms. The van der Waals surface area contributed by atoms with Gasteiger partial charge in [0.2, 0.25) is 0 Å². The Morgan fingerprint density at radius 1 is 1.24 bits per heavy atom. The Kier molecular flexibility index (Phi) is 4.94. The molecule has 0 aliphatic carbocycles. The summed E-state index contributed by atoms with van der Waals surface area (Å²) < 4.78 is 13.7. The predicted molar refractivity (Wildman–Crippen MR) is 72.0 cm³/mol. The molecule has 17 heavy (non-hydrogen) atoms. The van der Waals surface area contributed by atoms with Crippen molar-refractivity contribution < 1.29 is 4.39 Å². The maximum absolute atomic E-state index is 13.7. The van der Waals surface area contributed by atoms with Crippen molar-refractivity contribution in [1.29, 1.82) is 0 Å². The minimum Gasteiger partial charge on any atom is -0.368 e. The van der Waals surface area contributed by atoms with E-state index in [1.54, 1.807) is 6.07 Å².